The summed E-state index contributed by atoms with van der Waals surface area (Å²) in [5, 5.41) is 0. The predicted octanol–water partition coefficient (Wildman–Crippen LogP) is 2.55. The van der Waals surface area contributed by atoms with Crippen molar-refractivity contribution in [1.82, 2.24) is 14.3 Å². The maximum Gasteiger partial charge on any atom is 0.259 e. The molecule has 0 unspecified atom stereocenters. The molecule has 0 saturated carbocycles. The third-order valence-electron chi connectivity index (χ3n) is 4.79. The topological polar surface area (TPSA) is 40.9 Å². The fourth-order valence-corrected chi connectivity index (χ4v) is 3.41. The second kappa shape index (κ2) is 7.25. The van der Waals surface area contributed by atoms with E-state index in [1.165, 1.54) is 12.1 Å². The number of halogens is 1. The van der Waals surface area contributed by atoms with E-state index in [9.17, 15) is 9.18 Å². The number of aromatic nitrogens is 2. The highest BCUT2D eigenvalue weighted by atomic mass is 19.1. The fraction of sp³-hybridized carbons (Fsp3) is 0.300. The van der Waals surface area contributed by atoms with Crippen LogP contribution in [-0.4, -0.2) is 40.5 Å². The molecule has 3 heterocycles. The molecule has 2 aromatic heterocycles. The van der Waals surface area contributed by atoms with Crippen molar-refractivity contribution in [2.75, 3.05) is 31.1 Å². The molecule has 0 N–H and O–H groups in total. The van der Waals surface area contributed by atoms with Gasteiger partial charge in [0.15, 0.2) is 0 Å². The van der Waals surface area contributed by atoms with Gasteiger partial charge in [0, 0.05) is 45.0 Å². The van der Waals surface area contributed by atoms with E-state index in [1.807, 2.05) is 30.3 Å². The normalized spacial score (nSPS) is 16.0. The summed E-state index contributed by atoms with van der Waals surface area (Å²) >= 11 is 0. The smallest absolute Gasteiger partial charge is 0.259 e. The maximum atomic E-state index is 13.1. The number of pyridine rings is 1. The van der Waals surface area contributed by atoms with Crippen LogP contribution in [0, 0.1) is 5.82 Å². The first-order valence-corrected chi connectivity index (χ1v) is 8.89. The van der Waals surface area contributed by atoms with Crippen molar-refractivity contribution in [3.63, 3.8) is 0 Å². The largest absolute Gasteiger partial charge is 0.355 e. The summed E-state index contributed by atoms with van der Waals surface area (Å²) < 4.78 is 14.6. The summed E-state index contributed by atoms with van der Waals surface area (Å²) in [7, 11) is 0. The predicted molar refractivity (Wildman–Crippen MR) is 100.0 cm³/mol. The zero-order valence-corrected chi connectivity index (χ0v) is 14.5. The van der Waals surface area contributed by atoms with Gasteiger partial charge in [-0.15, -0.1) is 0 Å². The highest BCUT2D eigenvalue weighted by molar-refractivity contribution is 5.48. The van der Waals surface area contributed by atoms with Gasteiger partial charge in [-0.3, -0.25) is 14.1 Å². The molecule has 1 aromatic carbocycles. The monoisotopic (exact) mass is 352 g/mol. The lowest BCUT2D eigenvalue weighted by atomic mass is 10.2. The number of benzene rings is 1. The molecule has 0 aliphatic carbocycles. The first-order chi connectivity index (χ1) is 12.7. The van der Waals surface area contributed by atoms with Crippen molar-refractivity contribution in [2.24, 2.45) is 0 Å². The van der Waals surface area contributed by atoms with Gasteiger partial charge >= 0.3 is 0 Å². The van der Waals surface area contributed by atoms with Crippen LogP contribution in [0.2, 0.25) is 0 Å². The molecule has 26 heavy (non-hydrogen) atoms. The molecular weight excluding hydrogens is 331 g/mol. The summed E-state index contributed by atoms with van der Waals surface area (Å²) in [4.78, 5) is 21.5. The average Bonchev–Trinajstić information content (AvgIpc) is 2.89. The van der Waals surface area contributed by atoms with Gasteiger partial charge in [0.1, 0.15) is 17.3 Å². The molecule has 0 amide bonds. The van der Waals surface area contributed by atoms with Crippen molar-refractivity contribution < 1.29 is 4.39 Å². The highest BCUT2D eigenvalue weighted by Gasteiger charge is 2.17. The molecule has 0 atom stereocenters. The molecule has 4 rings (SSSR count). The third-order valence-corrected chi connectivity index (χ3v) is 4.79. The van der Waals surface area contributed by atoms with Crippen LogP contribution < -0.4 is 10.5 Å². The van der Waals surface area contributed by atoms with Crippen molar-refractivity contribution in [3.8, 4) is 0 Å². The summed E-state index contributed by atoms with van der Waals surface area (Å²) in [5.74, 6) is 0.536. The number of rotatable bonds is 3. The Morgan fingerprint density at radius 2 is 1.85 bits per heavy atom. The van der Waals surface area contributed by atoms with Crippen LogP contribution in [-0.2, 0) is 6.54 Å². The molecule has 1 aliphatic rings. The lowest BCUT2D eigenvalue weighted by Crippen LogP contribution is -2.32. The Labute approximate surface area is 151 Å². The van der Waals surface area contributed by atoms with E-state index in [2.05, 4.69) is 14.8 Å². The standard InChI is InChI=1S/C20H21FN4O/c21-17-7-5-16(6-8-17)15-23-9-3-10-24(13-12-23)19-14-20(26)25-11-2-1-4-18(25)22-19/h1-2,4-8,11,14H,3,9-10,12-13,15H2. The van der Waals surface area contributed by atoms with Gasteiger partial charge in [0.05, 0.1) is 0 Å². The lowest BCUT2D eigenvalue weighted by molar-refractivity contribution is 0.285. The van der Waals surface area contributed by atoms with E-state index in [0.29, 0.717) is 5.65 Å². The minimum absolute atomic E-state index is 0.0574. The van der Waals surface area contributed by atoms with Gasteiger partial charge < -0.3 is 4.90 Å². The van der Waals surface area contributed by atoms with Gasteiger partial charge in [-0.1, -0.05) is 18.2 Å². The zero-order valence-electron chi connectivity index (χ0n) is 14.5. The van der Waals surface area contributed by atoms with Gasteiger partial charge in [-0.25, -0.2) is 9.37 Å². The molecule has 6 heteroatoms. The summed E-state index contributed by atoms with van der Waals surface area (Å²) in [6.45, 7) is 4.35. The first kappa shape index (κ1) is 16.7. The number of hydrogen-bond acceptors (Lipinski definition) is 4. The average molecular weight is 352 g/mol. The van der Waals surface area contributed by atoms with E-state index in [-0.39, 0.29) is 11.4 Å². The summed E-state index contributed by atoms with van der Waals surface area (Å²) in [6, 6.07) is 13.9. The van der Waals surface area contributed by atoms with Crippen LogP contribution >= 0.6 is 0 Å². The number of hydrogen-bond donors (Lipinski definition) is 0. The highest BCUT2D eigenvalue weighted by Crippen LogP contribution is 2.15. The summed E-state index contributed by atoms with van der Waals surface area (Å²) in [6.07, 6.45) is 2.73. The van der Waals surface area contributed by atoms with Crippen molar-refractivity contribution in [1.29, 1.82) is 0 Å². The molecule has 0 spiro atoms. The summed E-state index contributed by atoms with van der Waals surface area (Å²) in [5.41, 5.74) is 1.72. The second-order valence-corrected chi connectivity index (χ2v) is 6.62. The van der Waals surface area contributed by atoms with Crippen LogP contribution in [0.1, 0.15) is 12.0 Å². The SMILES string of the molecule is O=c1cc(N2CCCN(Cc3ccc(F)cc3)CC2)nc2ccccn12. The number of nitrogens with zero attached hydrogens (tertiary/aromatic N) is 4. The second-order valence-electron chi connectivity index (χ2n) is 6.62. The quantitative estimate of drug-likeness (QED) is 0.726. The van der Waals surface area contributed by atoms with Crippen LogP contribution in [0.3, 0.4) is 0 Å². The van der Waals surface area contributed by atoms with Gasteiger partial charge in [0.25, 0.3) is 5.56 Å². The van der Waals surface area contributed by atoms with Crippen molar-refractivity contribution in [2.45, 2.75) is 13.0 Å². The van der Waals surface area contributed by atoms with Crippen molar-refractivity contribution >= 4 is 11.5 Å². The van der Waals surface area contributed by atoms with Gasteiger partial charge in [-0.2, -0.15) is 0 Å². The van der Waals surface area contributed by atoms with E-state index < -0.39 is 0 Å². The van der Waals surface area contributed by atoms with Crippen LogP contribution in [0.25, 0.3) is 5.65 Å². The molecule has 3 aromatic rings. The minimum atomic E-state index is -0.204. The molecule has 1 aliphatic heterocycles. The third kappa shape index (κ3) is 3.60. The van der Waals surface area contributed by atoms with Crippen LogP contribution in [0.15, 0.2) is 59.5 Å². The molecule has 1 fully saturated rings. The number of fused-ring (bicyclic) bond motifs is 1. The number of anilines is 1. The Kier molecular flexibility index (Phi) is 4.67. The molecule has 0 radical (unpaired) electrons. The minimum Gasteiger partial charge on any atom is -0.355 e. The van der Waals surface area contributed by atoms with E-state index in [1.54, 1.807) is 16.7 Å². The fourth-order valence-electron chi connectivity index (χ4n) is 3.41. The Bertz CT molecular complexity index is 954. The molecule has 134 valence electrons. The van der Waals surface area contributed by atoms with Crippen LogP contribution in [0.5, 0.6) is 0 Å². The van der Waals surface area contributed by atoms with E-state index in [4.69, 9.17) is 0 Å². The Hall–Kier alpha value is -2.73. The Morgan fingerprint density at radius 3 is 2.69 bits per heavy atom. The van der Waals surface area contributed by atoms with Crippen molar-refractivity contribution in [3.05, 3.63) is 76.5 Å². The first-order valence-electron chi connectivity index (χ1n) is 8.89. The molecule has 1 saturated heterocycles. The lowest BCUT2D eigenvalue weighted by Gasteiger charge is -2.23. The Morgan fingerprint density at radius 1 is 1.00 bits per heavy atom. The van der Waals surface area contributed by atoms with Crippen LogP contribution in [0.4, 0.5) is 10.2 Å². The molecule has 0 bridgehead atoms. The van der Waals surface area contributed by atoms with Gasteiger partial charge in [-0.05, 0) is 36.2 Å². The van der Waals surface area contributed by atoms with Gasteiger partial charge in [0.2, 0.25) is 0 Å². The molecule has 5 nitrogen and oxygen atoms in total. The Balaban J connectivity index is 1.48. The van der Waals surface area contributed by atoms with E-state index >= 15 is 0 Å². The van der Waals surface area contributed by atoms with E-state index in [0.717, 1.165) is 50.5 Å². The maximum absolute atomic E-state index is 13.1. The zero-order chi connectivity index (χ0) is 17.9. The molecular formula is C20H21FN4O.